The van der Waals surface area contributed by atoms with Crippen LogP contribution in [0.15, 0.2) is 30.3 Å². The number of phenols is 1. The fourth-order valence-corrected chi connectivity index (χ4v) is 0.868. The van der Waals surface area contributed by atoms with Crippen LogP contribution >= 0.6 is 0 Å². The summed E-state index contributed by atoms with van der Waals surface area (Å²) in [6.45, 7) is 1.56. The van der Waals surface area contributed by atoms with Crippen LogP contribution in [0.2, 0.25) is 0 Å². The van der Waals surface area contributed by atoms with E-state index in [0.717, 1.165) is 26.1 Å². The predicted molar refractivity (Wildman–Crippen MR) is 49.2 cm³/mol. The molecule has 3 heteroatoms. The van der Waals surface area contributed by atoms with Gasteiger partial charge in [0.25, 0.3) is 0 Å². The van der Waals surface area contributed by atoms with E-state index in [2.05, 4.69) is 9.78 Å². The first-order valence-electron chi connectivity index (χ1n) is 4.38. The van der Waals surface area contributed by atoms with Crippen molar-refractivity contribution in [1.29, 1.82) is 0 Å². The second kappa shape index (κ2) is 6.46. The second-order valence-electron chi connectivity index (χ2n) is 2.69. The molecule has 0 saturated carbocycles. The summed E-state index contributed by atoms with van der Waals surface area (Å²) in [4.78, 5) is 9.14. The summed E-state index contributed by atoms with van der Waals surface area (Å²) in [6.07, 6.45) is 2.31. The van der Waals surface area contributed by atoms with E-state index in [1.165, 1.54) is 0 Å². The summed E-state index contributed by atoms with van der Waals surface area (Å²) in [5.41, 5.74) is 0. The highest BCUT2D eigenvalue weighted by atomic mass is 17.2. The topological polar surface area (TPSA) is 38.7 Å². The normalized spacial score (nSPS) is 15.7. The summed E-state index contributed by atoms with van der Waals surface area (Å²) in [7, 11) is 0. The average Bonchev–Trinajstić information content (AvgIpc) is 2.22. The first kappa shape index (κ1) is 10.0. The number of rotatable bonds is 0. The summed E-state index contributed by atoms with van der Waals surface area (Å²) in [5.74, 6) is 0.322. The number of benzene rings is 1. The van der Waals surface area contributed by atoms with Crippen molar-refractivity contribution >= 4 is 0 Å². The Hall–Kier alpha value is -1.06. The van der Waals surface area contributed by atoms with Gasteiger partial charge < -0.3 is 5.11 Å². The third-order valence-corrected chi connectivity index (χ3v) is 1.54. The van der Waals surface area contributed by atoms with Crippen LogP contribution < -0.4 is 0 Å². The molecule has 0 bridgehead atoms. The smallest absolute Gasteiger partial charge is 0.115 e. The molecular formula is C10H14O3. The molecule has 1 fully saturated rings. The van der Waals surface area contributed by atoms with E-state index in [0.29, 0.717) is 5.75 Å². The maximum absolute atomic E-state index is 8.63. The van der Waals surface area contributed by atoms with Gasteiger partial charge in [-0.25, -0.2) is 9.78 Å². The van der Waals surface area contributed by atoms with E-state index in [4.69, 9.17) is 5.11 Å². The van der Waals surface area contributed by atoms with Gasteiger partial charge in [-0.1, -0.05) is 18.2 Å². The molecule has 0 aromatic heterocycles. The third-order valence-electron chi connectivity index (χ3n) is 1.54. The molecule has 1 aromatic carbocycles. The fraction of sp³-hybridized carbons (Fsp3) is 0.400. The minimum atomic E-state index is 0.322. The molecular weight excluding hydrogens is 168 g/mol. The van der Waals surface area contributed by atoms with Gasteiger partial charge >= 0.3 is 0 Å². The lowest BCUT2D eigenvalue weighted by atomic mass is 10.3. The van der Waals surface area contributed by atoms with Gasteiger partial charge in [-0.3, -0.25) is 0 Å². The SMILES string of the molecule is C1CCOOC1.Oc1ccccc1. The Morgan fingerprint density at radius 1 is 0.923 bits per heavy atom. The van der Waals surface area contributed by atoms with Crippen LogP contribution in [0.1, 0.15) is 12.8 Å². The van der Waals surface area contributed by atoms with Crippen molar-refractivity contribution in [3.63, 3.8) is 0 Å². The van der Waals surface area contributed by atoms with E-state index < -0.39 is 0 Å². The molecule has 0 aliphatic carbocycles. The van der Waals surface area contributed by atoms with Crippen molar-refractivity contribution in [3.8, 4) is 5.75 Å². The molecule has 0 spiro atoms. The van der Waals surface area contributed by atoms with Gasteiger partial charge in [-0.05, 0) is 25.0 Å². The number of aromatic hydroxyl groups is 1. The Morgan fingerprint density at radius 3 is 1.69 bits per heavy atom. The molecule has 0 radical (unpaired) electrons. The minimum absolute atomic E-state index is 0.322. The largest absolute Gasteiger partial charge is 0.508 e. The molecule has 1 aliphatic rings. The monoisotopic (exact) mass is 182 g/mol. The van der Waals surface area contributed by atoms with Crippen LogP contribution in [0.25, 0.3) is 0 Å². The molecule has 1 aliphatic heterocycles. The first-order chi connectivity index (χ1) is 6.39. The number of phenolic OH excluding ortho intramolecular Hbond substituents is 1. The van der Waals surface area contributed by atoms with Gasteiger partial charge in [0.15, 0.2) is 0 Å². The van der Waals surface area contributed by atoms with E-state index in [1.54, 1.807) is 24.3 Å². The van der Waals surface area contributed by atoms with Crippen LogP contribution in [0.5, 0.6) is 5.75 Å². The van der Waals surface area contributed by atoms with Crippen molar-refractivity contribution in [3.05, 3.63) is 30.3 Å². The molecule has 3 nitrogen and oxygen atoms in total. The summed E-state index contributed by atoms with van der Waals surface area (Å²) >= 11 is 0. The number of hydrogen-bond acceptors (Lipinski definition) is 3. The predicted octanol–water partition coefficient (Wildman–Crippen LogP) is 2.12. The Balaban J connectivity index is 0.000000132. The Morgan fingerprint density at radius 2 is 1.46 bits per heavy atom. The van der Waals surface area contributed by atoms with Gasteiger partial charge in [0, 0.05) is 0 Å². The van der Waals surface area contributed by atoms with E-state index in [9.17, 15) is 0 Å². The summed E-state index contributed by atoms with van der Waals surface area (Å²) < 4.78 is 0. The standard InChI is InChI=1S/C6H6O.C4H8O2/c7-6-4-2-1-3-5-6;1-2-4-6-5-3-1/h1-5,7H;1-4H2. The second-order valence-corrected chi connectivity index (χ2v) is 2.69. The lowest BCUT2D eigenvalue weighted by molar-refractivity contribution is -0.312. The number of hydrogen-bond donors (Lipinski definition) is 1. The molecule has 2 rings (SSSR count). The highest BCUT2D eigenvalue weighted by molar-refractivity contribution is 5.18. The average molecular weight is 182 g/mol. The van der Waals surface area contributed by atoms with E-state index in [1.807, 2.05) is 6.07 Å². The van der Waals surface area contributed by atoms with Crippen molar-refractivity contribution in [1.82, 2.24) is 0 Å². The van der Waals surface area contributed by atoms with Crippen LogP contribution in [-0.4, -0.2) is 18.3 Å². The van der Waals surface area contributed by atoms with Crippen LogP contribution in [0.4, 0.5) is 0 Å². The van der Waals surface area contributed by atoms with Crippen LogP contribution in [-0.2, 0) is 9.78 Å². The Labute approximate surface area is 77.8 Å². The summed E-state index contributed by atoms with van der Waals surface area (Å²) in [5, 5.41) is 8.63. The molecule has 1 N–H and O–H groups in total. The number of para-hydroxylation sites is 1. The maximum Gasteiger partial charge on any atom is 0.115 e. The lowest BCUT2D eigenvalue weighted by Gasteiger charge is -2.07. The lowest BCUT2D eigenvalue weighted by Crippen LogP contribution is -2.05. The molecule has 0 amide bonds. The van der Waals surface area contributed by atoms with Gasteiger partial charge in [-0.15, -0.1) is 0 Å². The zero-order valence-corrected chi connectivity index (χ0v) is 7.48. The van der Waals surface area contributed by atoms with Gasteiger partial charge in [0.1, 0.15) is 5.75 Å². The molecule has 13 heavy (non-hydrogen) atoms. The summed E-state index contributed by atoms with van der Waals surface area (Å²) in [6, 6.07) is 8.71. The zero-order chi connectivity index (χ0) is 9.36. The third kappa shape index (κ3) is 5.22. The highest BCUT2D eigenvalue weighted by Gasteiger charge is 1.95. The Bertz CT molecular complexity index is 195. The molecule has 0 atom stereocenters. The molecule has 1 heterocycles. The van der Waals surface area contributed by atoms with Gasteiger partial charge in [0.05, 0.1) is 13.2 Å². The quantitative estimate of drug-likeness (QED) is 0.624. The maximum atomic E-state index is 8.63. The van der Waals surface area contributed by atoms with Crippen molar-refractivity contribution < 1.29 is 14.9 Å². The first-order valence-corrected chi connectivity index (χ1v) is 4.38. The van der Waals surface area contributed by atoms with Crippen LogP contribution in [0.3, 0.4) is 0 Å². The van der Waals surface area contributed by atoms with E-state index >= 15 is 0 Å². The van der Waals surface area contributed by atoms with Crippen LogP contribution in [0, 0.1) is 0 Å². The fourth-order valence-electron chi connectivity index (χ4n) is 0.868. The van der Waals surface area contributed by atoms with Gasteiger partial charge in [0.2, 0.25) is 0 Å². The van der Waals surface area contributed by atoms with Crippen molar-refractivity contribution in [2.45, 2.75) is 12.8 Å². The molecule has 72 valence electrons. The Kier molecular flexibility index (Phi) is 4.98. The zero-order valence-electron chi connectivity index (χ0n) is 7.48. The molecule has 0 unspecified atom stereocenters. The van der Waals surface area contributed by atoms with Gasteiger partial charge in [-0.2, -0.15) is 0 Å². The molecule has 1 saturated heterocycles. The minimum Gasteiger partial charge on any atom is -0.508 e. The molecule has 1 aromatic rings. The van der Waals surface area contributed by atoms with E-state index in [-0.39, 0.29) is 0 Å². The van der Waals surface area contributed by atoms with Crippen molar-refractivity contribution in [2.75, 3.05) is 13.2 Å². The van der Waals surface area contributed by atoms with Crippen molar-refractivity contribution in [2.24, 2.45) is 0 Å². The highest BCUT2D eigenvalue weighted by Crippen LogP contribution is 2.02.